The highest BCUT2D eigenvalue weighted by molar-refractivity contribution is 6.11. The molecule has 2 aliphatic rings. The van der Waals surface area contributed by atoms with E-state index < -0.39 is 0 Å². The molecule has 4 aromatic rings. The molecule has 2 fully saturated rings. The summed E-state index contributed by atoms with van der Waals surface area (Å²) in [6, 6.07) is 12.0. The Morgan fingerprint density at radius 1 is 1.03 bits per heavy atom. The molecular weight excluding hydrogens is 462 g/mol. The summed E-state index contributed by atoms with van der Waals surface area (Å²) in [5, 5.41) is 11.1. The van der Waals surface area contributed by atoms with Crippen molar-refractivity contribution in [1.82, 2.24) is 25.1 Å². The minimum absolute atomic E-state index is 0.242. The van der Waals surface area contributed by atoms with Crippen LogP contribution in [-0.4, -0.2) is 57.2 Å². The van der Waals surface area contributed by atoms with Gasteiger partial charge in [-0.25, -0.2) is 4.98 Å². The molecule has 8 nitrogen and oxygen atoms in total. The lowest BCUT2D eigenvalue weighted by Crippen LogP contribution is -2.32. The summed E-state index contributed by atoms with van der Waals surface area (Å²) in [5.74, 6) is 1.48. The van der Waals surface area contributed by atoms with Crippen molar-refractivity contribution in [2.24, 2.45) is 5.92 Å². The summed E-state index contributed by atoms with van der Waals surface area (Å²) in [7, 11) is 0. The molecule has 2 aliphatic heterocycles. The number of nitrogens with one attached hydrogen (secondary N) is 2. The largest absolute Gasteiger partial charge is 0.357 e. The normalized spacial score (nSPS) is 16.9. The first-order valence-corrected chi connectivity index (χ1v) is 13.3. The monoisotopic (exact) mass is 495 g/mol. The number of hydrogen-bond acceptors (Lipinski definition) is 6. The number of nitrogens with zero attached hydrogens (tertiary/aromatic N) is 5. The minimum Gasteiger partial charge on any atom is -0.357 e. The van der Waals surface area contributed by atoms with E-state index in [1.807, 2.05) is 36.7 Å². The average Bonchev–Trinajstić information content (AvgIpc) is 3.61. The fourth-order valence-corrected chi connectivity index (χ4v) is 5.38. The second kappa shape index (κ2) is 10.3. The fraction of sp³-hybridized carbons (Fsp3) is 0.379. The molecule has 0 atom stereocenters. The van der Waals surface area contributed by atoms with Gasteiger partial charge in [-0.1, -0.05) is 13.0 Å². The molecule has 37 heavy (non-hydrogen) atoms. The van der Waals surface area contributed by atoms with Crippen LogP contribution >= 0.6 is 0 Å². The van der Waals surface area contributed by atoms with Gasteiger partial charge >= 0.3 is 0 Å². The van der Waals surface area contributed by atoms with Crippen molar-refractivity contribution >= 4 is 28.3 Å². The summed E-state index contributed by atoms with van der Waals surface area (Å²) in [5.41, 5.74) is 5.20. The second-order valence-electron chi connectivity index (χ2n) is 10.4. The van der Waals surface area contributed by atoms with Crippen molar-refractivity contribution in [3.63, 3.8) is 0 Å². The van der Waals surface area contributed by atoms with Crippen molar-refractivity contribution in [2.75, 3.05) is 36.4 Å². The Bertz CT molecular complexity index is 1400. The Kier molecular flexibility index (Phi) is 6.57. The molecule has 2 N–H and O–H groups in total. The number of benzene rings is 1. The van der Waals surface area contributed by atoms with Crippen LogP contribution in [0.25, 0.3) is 22.0 Å². The van der Waals surface area contributed by atoms with Crippen molar-refractivity contribution in [3.8, 4) is 11.1 Å². The lowest BCUT2D eigenvalue weighted by Gasteiger charge is -2.30. The summed E-state index contributed by atoms with van der Waals surface area (Å²) >= 11 is 0. The van der Waals surface area contributed by atoms with Gasteiger partial charge < -0.3 is 10.2 Å². The quantitative estimate of drug-likeness (QED) is 0.387. The molecule has 0 saturated carbocycles. The van der Waals surface area contributed by atoms with Crippen LogP contribution in [0.3, 0.4) is 0 Å². The predicted molar refractivity (Wildman–Crippen MR) is 147 cm³/mol. The van der Waals surface area contributed by atoms with Crippen LogP contribution in [0.2, 0.25) is 0 Å². The molecule has 0 aliphatic carbocycles. The third kappa shape index (κ3) is 5.20. The van der Waals surface area contributed by atoms with E-state index in [1.165, 1.54) is 31.2 Å². The highest BCUT2D eigenvalue weighted by Gasteiger charge is 2.19. The Labute approximate surface area is 217 Å². The zero-order valence-corrected chi connectivity index (χ0v) is 21.3. The number of piperidine rings is 1. The zero-order valence-electron chi connectivity index (χ0n) is 21.3. The lowest BCUT2D eigenvalue weighted by atomic mass is 9.98. The van der Waals surface area contributed by atoms with Crippen molar-refractivity contribution < 1.29 is 4.79 Å². The number of hydrogen-bond donors (Lipinski definition) is 2. The molecule has 1 amide bonds. The van der Waals surface area contributed by atoms with Crippen LogP contribution in [0, 0.1) is 5.92 Å². The standard InChI is InChI=1S/C29H33N7O/c1-20-7-12-35(13-8-20)19-21-14-23(18-30-17-21)22-4-5-26-25(15-22)28(34-33-26)29(37)32-24-6-9-31-27(16-24)36-10-2-3-11-36/h4-6,9,14-18,20H,2-3,7-8,10-13,19H2,1H3,(H,33,34)(H,31,32,37). The van der Waals surface area contributed by atoms with Crippen molar-refractivity contribution in [2.45, 2.75) is 39.2 Å². The maximum absolute atomic E-state index is 13.2. The van der Waals surface area contributed by atoms with E-state index in [0.717, 1.165) is 72.2 Å². The number of aromatic nitrogens is 4. The first-order chi connectivity index (χ1) is 18.1. The molecule has 0 unspecified atom stereocenters. The smallest absolute Gasteiger partial charge is 0.276 e. The highest BCUT2D eigenvalue weighted by Crippen LogP contribution is 2.27. The van der Waals surface area contributed by atoms with Gasteiger partial charge in [-0.2, -0.15) is 5.10 Å². The van der Waals surface area contributed by atoms with E-state index in [0.29, 0.717) is 5.69 Å². The van der Waals surface area contributed by atoms with Gasteiger partial charge in [0.1, 0.15) is 5.82 Å². The maximum Gasteiger partial charge on any atom is 0.276 e. The SMILES string of the molecule is CC1CCN(Cc2cncc(-c3ccc4[nH]nc(C(=O)Nc5ccnc(N6CCCC6)c5)c4c3)c2)CC1. The van der Waals surface area contributed by atoms with Gasteiger partial charge in [-0.15, -0.1) is 0 Å². The molecule has 1 aromatic carbocycles. The van der Waals surface area contributed by atoms with Gasteiger partial charge in [0.25, 0.3) is 5.91 Å². The number of likely N-dealkylation sites (tertiary alicyclic amines) is 1. The third-order valence-electron chi connectivity index (χ3n) is 7.62. The van der Waals surface area contributed by atoms with Crippen LogP contribution in [-0.2, 0) is 6.54 Å². The highest BCUT2D eigenvalue weighted by atomic mass is 16.1. The number of carbonyl (C=O) groups is 1. The predicted octanol–water partition coefficient (Wildman–Crippen LogP) is 5.10. The Hall–Kier alpha value is -3.78. The minimum atomic E-state index is -0.242. The summed E-state index contributed by atoms with van der Waals surface area (Å²) < 4.78 is 0. The number of carbonyl (C=O) groups excluding carboxylic acids is 1. The van der Waals surface area contributed by atoms with Crippen LogP contribution < -0.4 is 10.2 Å². The van der Waals surface area contributed by atoms with Gasteiger partial charge in [-0.05, 0) is 80.1 Å². The first kappa shape index (κ1) is 23.6. The Morgan fingerprint density at radius 3 is 2.70 bits per heavy atom. The van der Waals surface area contributed by atoms with Gasteiger partial charge in [0.15, 0.2) is 5.69 Å². The molecule has 3 aromatic heterocycles. The second-order valence-corrected chi connectivity index (χ2v) is 10.4. The zero-order chi connectivity index (χ0) is 25.2. The number of amides is 1. The third-order valence-corrected chi connectivity index (χ3v) is 7.62. The Balaban J connectivity index is 1.21. The first-order valence-electron chi connectivity index (χ1n) is 13.3. The van der Waals surface area contributed by atoms with Crippen molar-refractivity contribution in [1.29, 1.82) is 0 Å². The van der Waals surface area contributed by atoms with E-state index in [4.69, 9.17) is 0 Å². The van der Waals surface area contributed by atoms with Crippen molar-refractivity contribution in [3.05, 3.63) is 66.2 Å². The van der Waals surface area contributed by atoms with E-state index in [9.17, 15) is 4.79 Å². The molecule has 8 heteroatoms. The molecule has 2 saturated heterocycles. The molecule has 0 spiro atoms. The van der Waals surface area contributed by atoms with E-state index in [-0.39, 0.29) is 5.91 Å². The number of anilines is 2. The molecule has 190 valence electrons. The fourth-order valence-electron chi connectivity index (χ4n) is 5.38. The van der Waals surface area contributed by atoms with Gasteiger partial charge in [0, 0.05) is 60.9 Å². The number of rotatable bonds is 6. The molecule has 0 radical (unpaired) electrons. The van der Waals surface area contributed by atoms with Crippen LogP contribution in [0.4, 0.5) is 11.5 Å². The molecule has 6 rings (SSSR count). The number of H-pyrrole nitrogens is 1. The number of pyridine rings is 2. The van der Waals surface area contributed by atoms with E-state index >= 15 is 0 Å². The summed E-state index contributed by atoms with van der Waals surface area (Å²) in [6.45, 7) is 7.54. The number of fused-ring (bicyclic) bond motifs is 1. The number of aromatic amines is 1. The molecular formula is C29H33N7O. The van der Waals surface area contributed by atoms with E-state index in [2.05, 4.69) is 54.3 Å². The topological polar surface area (TPSA) is 90.0 Å². The van der Waals surface area contributed by atoms with E-state index in [1.54, 1.807) is 6.20 Å². The molecule has 5 heterocycles. The van der Waals surface area contributed by atoms with Crippen LogP contribution in [0.5, 0.6) is 0 Å². The van der Waals surface area contributed by atoms with Crippen LogP contribution in [0.1, 0.15) is 48.7 Å². The summed E-state index contributed by atoms with van der Waals surface area (Å²) in [6.07, 6.45) is 10.5. The van der Waals surface area contributed by atoms with Gasteiger partial charge in [0.05, 0.1) is 5.52 Å². The maximum atomic E-state index is 13.2. The lowest BCUT2D eigenvalue weighted by molar-refractivity contribution is 0.102. The van der Waals surface area contributed by atoms with Crippen LogP contribution in [0.15, 0.2) is 55.0 Å². The van der Waals surface area contributed by atoms with Gasteiger partial charge in [0.2, 0.25) is 0 Å². The average molecular weight is 496 g/mol. The molecule has 0 bridgehead atoms. The summed E-state index contributed by atoms with van der Waals surface area (Å²) in [4.78, 5) is 27.0. The van der Waals surface area contributed by atoms with Gasteiger partial charge in [-0.3, -0.25) is 19.8 Å². The Morgan fingerprint density at radius 2 is 1.86 bits per heavy atom.